The molecule has 0 saturated heterocycles. The van der Waals surface area contributed by atoms with E-state index in [9.17, 15) is 4.79 Å². The number of hydrogen-bond donors (Lipinski definition) is 1. The van der Waals surface area contributed by atoms with Gasteiger partial charge in [0.25, 0.3) is 5.91 Å². The number of amides is 1. The Bertz CT molecular complexity index is 1290. The Balaban J connectivity index is 1.56. The molecule has 3 aromatic carbocycles. The monoisotopic (exact) mass is 355 g/mol. The van der Waals surface area contributed by atoms with E-state index >= 15 is 0 Å². The molecular weight excluding hydrogens is 342 g/mol. The molecule has 0 aliphatic carbocycles. The Labute approximate surface area is 153 Å². The van der Waals surface area contributed by atoms with Gasteiger partial charge in [0, 0.05) is 22.5 Å². The number of carbonyl (C=O) groups is 1. The highest BCUT2D eigenvalue weighted by molar-refractivity contribution is 7.22. The van der Waals surface area contributed by atoms with Gasteiger partial charge in [-0.25, -0.2) is 4.98 Å². The fourth-order valence-corrected chi connectivity index (χ4v) is 4.06. The third-order valence-electron chi connectivity index (χ3n) is 4.39. The summed E-state index contributed by atoms with van der Waals surface area (Å²) in [7, 11) is 0. The van der Waals surface area contributed by atoms with Crippen LogP contribution in [-0.4, -0.2) is 15.9 Å². The first-order chi connectivity index (χ1) is 12.8. The fraction of sp³-hybridized carbons (Fsp3) is 0. The molecule has 0 unspecified atom stereocenters. The molecule has 1 N–H and O–H groups in total. The third kappa shape index (κ3) is 2.41. The van der Waals surface area contributed by atoms with Gasteiger partial charge in [-0.1, -0.05) is 53.8 Å². The van der Waals surface area contributed by atoms with Gasteiger partial charge in [0.2, 0.25) is 0 Å². The van der Waals surface area contributed by atoms with E-state index < -0.39 is 0 Å². The summed E-state index contributed by atoms with van der Waals surface area (Å²) >= 11 is 1.48. The number of nitrogens with zero attached hydrogens (tertiary/aromatic N) is 2. The van der Waals surface area contributed by atoms with Crippen LogP contribution in [0.3, 0.4) is 0 Å². The number of fused-ring (bicyclic) bond motifs is 4. The lowest BCUT2D eigenvalue weighted by Gasteiger charge is -2.05. The molecule has 0 radical (unpaired) electrons. The summed E-state index contributed by atoms with van der Waals surface area (Å²) in [5.41, 5.74) is 2.32. The second kappa shape index (κ2) is 5.89. The molecule has 4 nitrogen and oxygen atoms in total. The third-order valence-corrected chi connectivity index (χ3v) is 5.33. The number of pyridine rings is 1. The first-order valence-electron chi connectivity index (χ1n) is 8.23. The van der Waals surface area contributed by atoms with Crippen molar-refractivity contribution in [3.8, 4) is 0 Å². The SMILES string of the molecule is O=C(Nc1nc2c(ccc3ccccc32)s1)c1cccc2ncccc12. The Morgan fingerprint density at radius 1 is 0.885 bits per heavy atom. The predicted molar refractivity (Wildman–Crippen MR) is 107 cm³/mol. The van der Waals surface area contributed by atoms with Crippen LogP contribution in [0, 0.1) is 0 Å². The van der Waals surface area contributed by atoms with Crippen LogP contribution in [0.15, 0.2) is 72.9 Å². The molecular formula is C21H13N3OS. The quantitative estimate of drug-likeness (QED) is 0.470. The van der Waals surface area contributed by atoms with Crippen molar-refractivity contribution in [3.05, 3.63) is 78.5 Å². The summed E-state index contributed by atoms with van der Waals surface area (Å²) in [4.78, 5) is 21.8. The lowest BCUT2D eigenvalue weighted by molar-refractivity contribution is 0.102. The zero-order valence-corrected chi connectivity index (χ0v) is 14.5. The van der Waals surface area contributed by atoms with Gasteiger partial charge in [-0.3, -0.25) is 15.1 Å². The topological polar surface area (TPSA) is 54.9 Å². The van der Waals surface area contributed by atoms with E-state index in [1.54, 1.807) is 6.20 Å². The lowest BCUT2D eigenvalue weighted by atomic mass is 10.1. The van der Waals surface area contributed by atoms with E-state index in [-0.39, 0.29) is 5.91 Å². The van der Waals surface area contributed by atoms with Crippen LogP contribution in [-0.2, 0) is 0 Å². The largest absolute Gasteiger partial charge is 0.298 e. The van der Waals surface area contributed by atoms with Gasteiger partial charge in [-0.15, -0.1) is 0 Å². The Hall–Kier alpha value is -3.31. The van der Waals surface area contributed by atoms with Crippen LogP contribution in [0.5, 0.6) is 0 Å². The molecule has 5 aromatic rings. The second-order valence-electron chi connectivity index (χ2n) is 5.98. The van der Waals surface area contributed by atoms with Gasteiger partial charge >= 0.3 is 0 Å². The van der Waals surface area contributed by atoms with Crippen LogP contribution < -0.4 is 5.32 Å². The Kier molecular flexibility index (Phi) is 3.40. The van der Waals surface area contributed by atoms with Crippen LogP contribution in [0.4, 0.5) is 5.13 Å². The summed E-state index contributed by atoms with van der Waals surface area (Å²) in [5, 5.41) is 6.61. The van der Waals surface area contributed by atoms with Crippen molar-refractivity contribution in [2.24, 2.45) is 0 Å². The molecule has 0 saturated carbocycles. The average Bonchev–Trinajstić information content (AvgIpc) is 3.10. The van der Waals surface area contributed by atoms with Crippen LogP contribution in [0.2, 0.25) is 0 Å². The van der Waals surface area contributed by atoms with E-state index in [1.807, 2.05) is 48.5 Å². The highest BCUT2D eigenvalue weighted by atomic mass is 32.1. The molecule has 5 rings (SSSR count). The summed E-state index contributed by atoms with van der Waals surface area (Å²) in [6.07, 6.45) is 1.72. The molecule has 124 valence electrons. The number of benzene rings is 3. The van der Waals surface area contributed by atoms with Gasteiger partial charge in [0.05, 0.1) is 15.7 Å². The molecule has 26 heavy (non-hydrogen) atoms. The minimum atomic E-state index is -0.174. The first kappa shape index (κ1) is 15.0. The minimum Gasteiger partial charge on any atom is -0.298 e. The Morgan fingerprint density at radius 3 is 2.73 bits per heavy atom. The molecule has 0 fully saturated rings. The van der Waals surface area contributed by atoms with E-state index in [0.717, 1.165) is 31.9 Å². The molecule has 1 amide bonds. The number of thiazole rings is 1. The number of rotatable bonds is 2. The minimum absolute atomic E-state index is 0.174. The second-order valence-corrected chi connectivity index (χ2v) is 7.01. The van der Waals surface area contributed by atoms with Crippen molar-refractivity contribution < 1.29 is 4.79 Å². The highest BCUT2D eigenvalue weighted by Gasteiger charge is 2.14. The van der Waals surface area contributed by atoms with Crippen molar-refractivity contribution in [1.82, 2.24) is 9.97 Å². The van der Waals surface area contributed by atoms with Gasteiger partial charge in [-0.05, 0) is 29.7 Å². The zero-order chi connectivity index (χ0) is 17.5. The zero-order valence-electron chi connectivity index (χ0n) is 13.6. The van der Waals surface area contributed by atoms with Gasteiger partial charge in [0.15, 0.2) is 5.13 Å². The van der Waals surface area contributed by atoms with Crippen molar-refractivity contribution in [1.29, 1.82) is 0 Å². The summed E-state index contributed by atoms with van der Waals surface area (Å²) in [6.45, 7) is 0. The molecule has 2 aromatic heterocycles. The fourth-order valence-electron chi connectivity index (χ4n) is 3.18. The van der Waals surface area contributed by atoms with Gasteiger partial charge < -0.3 is 0 Å². The molecule has 0 aliphatic rings. The highest BCUT2D eigenvalue weighted by Crippen LogP contribution is 2.32. The number of anilines is 1. The number of carbonyl (C=O) groups excluding carboxylic acids is 1. The maximum absolute atomic E-state index is 12.8. The number of nitrogens with one attached hydrogen (secondary N) is 1. The molecule has 2 heterocycles. The smallest absolute Gasteiger partial charge is 0.258 e. The normalized spacial score (nSPS) is 11.2. The van der Waals surface area contributed by atoms with E-state index in [4.69, 9.17) is 0 Å². The number of aromatic nitrogens is 2. The van der Waals surface area contributed by atoms with E-state index in [1.165, 1.54) is 11.3 Å². The maximum atomic E-state index is 12.8. The predicted octanol–water partition coefficient (Wildman–Crippen LogP) is 5.25. The lowest BCUT2D eigenvalue weighted by Crippen LogP contribution is -2.12. The molecule has 0 atom stereocenters. The van der Waals surface area contributed by atoms with Crippen molar-refractivity contribution in [2.75, 3.05) is 5.32 Å². The van der Waals surface area contributed by atoms with Crippen LogP contribution in [0.1, 0.15) is 10.4 Å². The standard InChI is InChI=1S/C21H13N3OS/c25-20(16-7-3-9-17-15(16)8-4-12-22-17)24-21-23-19-14-6-2-1-5-13(14)10-11-18(19)26-21/h1-12H,(H,23,24,25). The Morgan fingerprint density at radius 2 is 1.77 bits per heavy atom. The van der Waals surface area contributed by atoms with Crippen LogP contribution >= 0.6 is 11.3 Å². The summed E-state index contributed by atoms with van der Waals surface area (Å²) in [5.74, 6) is -0.174. The van der Waals surface area contributed by atoms with Crippen molar-refractivity contribution in [2.45, 2.75) is 0 Å². The first-order valence-corrected chi connectivity index (χ1v) is 9.05. The van der Waals surface area contributed by atoms with Crippen molar-refractivity contribution >= 4 is 54.3 Å². The van der Waals surface area contributed by atoms with Crippen LogP contribution in [0.25, 0.3) is 31.9 Å². The molecule has 0 spiro atoms. The van der Waals surface area contributed by atoms with Gasteiger partial charge in [0.1, 0.15) is 0 Å². The molecule has 0 bridgehead atoms. The molecule has 0 aliphatic heterocycles. The van der Waals surface area contributed by atoms with E-state index in [2.05, 4.69) is 33.5 Å². The summed E-state index contributed by atoms with van der Waals surface area (Å²) in [6, 6.07) is 21.6. The maximum Gasteiger partial charge on any atom is 0.258 e. The average molecular weight is 355 g/mol. The molecule has 5 heteroatoms. The van der Waals surface area contributed by atoms with E-state index in [0.29, 0.717) is 10.7 Å². The number of hydrogen-bond acceptors (Lipinski definition) is 4. The van der Waals surface area contributed by atoms with Gasteiger partial charge in [-0.2, -0.15) is 0 Å². The summed E-state index contributed by atoms with van der Waals surface area (Å²) < 4.78 is 1.05. The van der Waals surface area contributed by atoms with Crippen molar-refractivity contribution in [3.63, 3.8) is 0 Å².